The van der Waals surface area contributed by atoms with E-state index in [4.69, 9.17) is 4.42 Å². The molecule has 1 aromatic heterocycles. The molecule has 144 valence electrons. The van der Waals surface area contributed by atoms with Crippen LogP contribution in [0.25, 0.3) is 11.1 Å². The Hall–Kier alpha value is -2.86. The highest BCUT2D eigenvalue weighted by molar-refractivity contribution is 5.79. The third-order valence-electron chi connectivity index (χ3n) is 6.11. The number of para-hydroxylation sites is 2. The normalized spacial score (nSPS) is 22.1. The van der Waals surface area contributed by atoms with Crippen LogP contribution in [0.15, 0.2) is 63.8 Å². The zero-order chi connectivity index (χ0) is 19.1. The largest absolute Gasteiger partial charge is 0.420 e. The quantitative estimate of drug-likeness (QED) is 0.700. The van der Waals surface area contributed by atoms with E-state index >= 15 is 0 Å². The second-order valence-electron chi connectivity index (χ2n) is 7.79. The highest BCUT2D eigenvalue weighted by Gasteiger charge is 2.43. The van der Waals surface area contributed by atoms with E-state index in [1.54, 1.807) is 6.07 Å². The van der Waals surface area contributed by atoms with Crippen LogP contribution in [0.3, 0.4) is 0 Å². The minimum atomic E-state index is -0.473. The summed E-state index contributed by atoms with van der Waals surface area (Å²) < 4.78 is 6.69. The number of piperidine rings is 1. The summed E-state index contributed by atoms with van der Waals surface area (Å²) in [5, 5.41) is 0. The van der Waals surface area contributed by atoms with Crippen LogP contribution in [0.2, 0.25) is 0 Å². The molecule has 0 radical (unpaired) electrons. The zero-order valence-electron chi connectivity index (χ0n) is 15.7. The molecule has 2 aliphatic heterocycles. The average Bonchev–Trinajstić information content (AvgIpc) is 3.02. The van der Waals surface area contributed by atoms with Crippen molar-refractivity contribution >= 4 is 17.0 Å². The van der Waals surface area contributed by atoms with Crippen molar-refractivity contribution in [2.45, 2.75) is 25.6 Å². The fourth-order valence-electron chi connectivity index (χ4n) is 4.53. The standard InChI is InChI=1S/C22H23N3O3/c26-21(15-25-18-8-4-5-9-20(18)28-22(25)27)23-11-10-17-13-24(19(17)14-23)12-16-6-2-1-3-7-16/h1-9,17,19H,10-15H2/t17-,19-/m1/s1. The average molecular weight is 377 g/mol. The molecular weight excluding hydrogens is 354 g/mol. The molecule has 1 amide bonds. The van der Waals surface area contributed by atoms with E-state index in [1.807, 2.05) is 29.2 Å². The molecule has 2 fully saturated rings. The Morgan fingerprint density at radius 1 is 1.04 bits per heavy atom. The predicted octanol–water partition coefficient (Wildman–Crippen LogP) is 2.33. The van der Waals surface area contributed by atoms with Crippen LogP contribution in [0.1, 0.15) is 12.0 Å². The molecule has 6 heteroatoms. The summed E-state index contributed by atoms with van der Waals surface area (Å²) in [5.74, 6) is 0.183. The van der Waals surface area contributed by atoms with Crippen LogP contribution in [-0.2, 0) is 17.9 Å². The number of hydrogen-bond donors (Lipinski definition) is 0. The smallest absolute Gasteiger partial charge is 0.408 e. The number of benzene rings is 2. The summed E-state index contributed by atoms with van der Waals surface area (Å²) in [5.41, 5.74) is 2.50. The van der Waals surface area contributed by atoms with Gasteiger partial charge < -0.3 is 9.32 Å². The van der Waals surface area contributed by atoms with E-state index in [2.05, 4.69) is 29.2 Å². The number of amides is 1. The predicted molar refractivity (Wildman–Crippen MR) is 106 cm³/mol. The van der Waals surface area contributed by atoms with Gasteiger partial charge in [-0.25, -0.2) is 4.79 Å². The number of carbonyl (C=O) groups excluding carboxylic acids is 1. The number of carbonyl (C=O) groups is 1. The molecule has 0 unspecified atom stereocenters. The number of aromatic nitrogens is 1. The minimum Gasteiger partial charge on any atom is -0.408 e. The number of hydrogen-bond acceptors (Lipinski definition) is 4. The summed E-state index contributed by atoms with van der Waals surface area (Å²) in [7, 11) is 0. The maximum absolute atomic E-state index is 12.9. The maximum atomic E-state index is 12.9. The topological polar surface area (TPSA) is 58.7 Å². The Labute approximate surface area is 163 Å². The lowest BCUT2D eigenvalue weighted by atomic mass is 9.82. The molecule has 2 atom stereocenters. The second kappa shape index (κ2) is 6.95. The molecule has 2 aliphatic rings. The van der Waals surface area contributed by atoms with E-state index in [1.165, 1.54) is 10.1 Å². The number of rotatable bonds is 4. The lowest BCUT2D eigenvalue weighted by Crippen LogP contribution is -2.64. The van der Waals surface area contributed by atoms with Gasteiger partial charge in [-0.3, -0.25) is 14.3 Å². The van der Waals surface area contributed by atoms with E-state index in [9.17, 15) is 9.59 Å². The fourth-order valence-corrected chi connectivity index (χ4v) is 4.53. The van der Waals surface area contributed by atoms with Gasteiger partial charge in [0, 0.05) is 32.2 Å². The van der Waals surface area contributed by atoms with Crippen LogP contribution in [0.5, 0.6) is 0 Å². The molecule has 2 aromatic carbocycles. The first kappa shape index (κ1) is 17.3. The SMILES string of the molecule is O=C(Cn1c(=O)oc2ccccc21)N1CC[C@@H]2CN(Cc3ccccc3)[C@@H]2C1. The van der Waals surface area contributed by atoms with Gasteiger partial charge in [0.15, 0.2) is 5.58 Å². The number of nitrogens with zero attached hydrogens (tertiary/aromatic N) is 3. The summed E-state index contributed by atoms with van der Waals surface area (Å²) >= 11 is 0. The summed E-state index contributed by atoms with van der Waals surface area (Å²) in [6.45, 7) is 3.57. The molecule has 3 aromatic rings. The lowest BCUT2D eigenvalue weighted by Gasteiger charge is -2.53. The number of fused-ring (bicyclic) bond motifs is 2. The van der Waals surface area contributed by atoms with Crippen LogP contribution < -0.4 is 5.76 Å². The van der Waals surface area contributed by atoms with Crippen molar-refractivity contribution in [3.8, 4) is 0 Å². The fraction of sp³-hybridized carbons (Fsp3) is 0.364. The minimum absolute atomic E-state index is 0.0151. The Morgan fingerprint density at radius 2 is 1.82 bits per heavy atom. The molecule has 5 rings (SSSR count). The highest BCUT2D eigenvalue weighted by Crippen LogP contribution is 2.33. The molecule has 2 saturated heterocycles. The van der Waals surface area contributed by atoms with E-state index in [0.29, 0.717) is 23.1 Å². The van der Waals surface area contributed by atoms with Gasteiger partial charge in [0.1, 0.15) is 6.54 Å². The highest BCUT2D eigenvalue weighted by atomic mass is 16.4. The summed E-state index contributed by atoms with van der Waals surface area (Å²) in [6.07, 6.45) is 1.03. The molecule has 0 saturated carbocycles. The summed E-state index contributed by atoms with van der Waals surface area (Å²) in [4.78, 5) is 29.4. The first-order valence-electron chi connectivity index (χ1n) is 9.83. The third kappa shape index (κ3) is 3.03. The van der Waals surface area contributed by atoms with Gasteiger partial charge in [-0.1, -0.05) is 42.5 Å². The molecule has 3 heterocycles. The molecule has 28 heavy (non-hydrogen) atoms. The molecule has 0 aliphatic carbocycles. The first-order chi connectivity index (χ1) is 13.7. The van der Waals surface area contributed by atoms with Crippen molar-refractivity contribution in [1.29, 1.82) is 0 Å². The number of oxazole rings is 1. The van der Waals surface area contributed by atoms with Crippen molar-refractivity contribution in [3.63, 3.8) is 0 Å². The van der Waals surface area contributed by atoms with Crippen LogP contribution in [0.4, 0.5) is 0 Å². The van der Waals surface area contributed by atoms with Gasteiger partial charge in [0.25, 0.3) is 0 Å². The van der Waals surface area contributed by atoms with Crippen molar-refractivity contribution < 1.29 is 9.21 Å². The summed E-state index contributed by atoms with van der Waals surface area (Å²) in [6, 6.07) is 18.1. The molecule has 0 bridgehead atoms. The molecule has 0 spiro atoms. The Balaban J connectivity index is 1.27. The molecular formula is C22H23N3O3. The second-order valence-corrected chi connectivity index (χ2v) is 7.79. The van der Waals surface area contributed by atoms with Crippen LogP contribution >= 0.6 is 0 Å². The number of likely N-dealkylation sites (tertiary alicyclic amines) is 2. The van der Waals surface area contributed by atoms with Crippen molar-refractivity contribution in [3.05, 3.63) is 70.7 Å². The van der Waals surface area contributed by atoms with Crippen molar-refractivity contribution in [2.24, 2.45) is 5.92 Å². The first-order valence-corrected chi connectivity index (χ1v) is 9.83. The Bertz CT molecular complexity index is 1060. The van der Waals surface area contributed by atoms with Crippen LogP contribution in [0, 0.1) is 5.92 Å². The van der Waals surface area contributed by atoms with Gasteiger partial charge in [-0.05, 0) is 30.0 Å². The van der Waals surface area contributed by atoms with Crippen molar-refractivity contribution in [2.75, 3.05) is 19.6 Å². The zero-order valence-corrected chi connectivity index (χ0v) is 15.7. The van der Waals surface area contributed by atoms with Crippen molar-refractivity contribution in [1.82, 2.24) is 14.4 Å². The van der Waals surface area contributed by atoms with Gasteiger partial charge in [0.2, 0.25) is 5.91 Å². The third-order valence-corrected chi connectivity index (χ3v) is 6.11. The lowest BCUT2D eigenvalue weighted by molar-refractivity contribution is -0.139. The monoisotopic (exact) mass is 377 g/mol. The van der Waals surface area contributed by atoms with Gasteiger partial charge in [-0.15, -0.1) is 0 Å². The van der Waals surface area contributed by atoms with E-state index in [0.717, 1.165) is 32.6 Å². The molecule has 6 nitrogen and oxygen atoms in total. The van der Waals surface area contributed by atoms with E-state index < -0.39 is 5.76 Å². The van der Waals surface area contributed by atoms with Gasteiger partial charge >= 0.3 is 5.76 Å². The van der Waals surface area contributed by atoms with E-state index in [-0.39, 0.29) is 12.5 Å². The van der Waals surface area contributed by atoms with Gasteiger partial charge in [0.05, 0.1) is 5.52 Å². The molecule has 0 N–H and O–H groups in total. The maximum Gasteiger partial charge on any atom is 0.420 e. The Morgan fingerprint density at radius 3 is 2.68 bits per heavy atom. The van der Waals surface area contributed by atoms with Crippen LogP contribution in [-0.4, -0.2) is 46.0 Å². The van der Waals surface area contributed by atoms with Gasteiger partial charge in [-0.2, -0.15) is 0 Å². The Kier molecular flexibility index (Phi) is 4.28.